The molecular formula is C7H16N2. The van der Waals surface area contributed by atoms with E-state index in [2.05, 4.69) is 18.9 Å². The summed E-state index contributed by atoms with van der Waals surface area (Å²) in [5.41, 5.74) is 5.83. The van der Waals surface area contributed by atoms with Crippen molar-refractivity contribution in [1.82, 2.24) is 4.90 Å². The fraction of sp³-hybridized carbons (Fsp3) is 1.00. The summed E-state index contributed by atoms with van der Waals surface area (Å²) >= 11 is 0. The second-order valence-corrected chi connectivity index (χ2v) is 3.03. The average molecular weight is 128 g/mol. The molecule has 9 heavy (non-hydrogen) atoms. The van der Waals surface area contributed by atoms with Crippen molar-refractivity contribution in [2.45, 2.75) is 31.8 Å². The van der Waals surface area contributed by atoms with Crippen molar-refractivity contribution < 1.29 is 0 Å². The van der Waals surface area contributed by atoms with Crippen LogP contribution in [0.4, 0.5) is 0 Å². The molecule has 2 atom stereocenters. The first-order chi connectivity index (χ1) is 4.22. The molecule has 2 nitrogen and oxygen atoms in total. The summed E-state index contributed by atoms with van der Waals surface area (Å²) in [6.45, 7) is 3.42. The molecule has 0 aromatic carbocycles. The van der Waals surface area contributed by atoms with Gasteiger partial charge in [-0.15, -0.1) is 0 Å². The molecule has 2 N–H and O–H groups in total. The molecule has 1 rings (SSSR count). The molecule has 0 spiro atoms. The van der Waals surface area contributed by atoms with Gasteiger partial charge in [-0.1, -0.05) is 0 Å². The zero-order valence-corrected chi connectivity index (χ0v) is 6.30. The SMILES string of the molecule is C[C@@H]1[C@H](N)CCCN1C. The number of nitrogens with zero attached hydrogens (tertiary/aromatic N) is 1. The lowest BCUT2D eigenvalue weighted by molar-refractivity contribution is 0.176. The number of hydrogen-bond donors (Lipinski definition) is 1. The second-order valence-electron chi connectivity index (χ2n) is 3.03. The number of likely N-dealkylation sites (tertiary alicyclic amines) is 1. The minimum Gasteiger partial charge on any atom is -0.326 e. The normalized spacial score (nSPS) is 39.0. The molecule has 1 fully saturated rings. The highest BCUT2D eigenvalue weighted by Crippen LogP contribution is 2.12. The molecule has 54 valence electrons. The van der Waals surface area contributed by atoms with Crippen LogP contribution in [0, 0.1) is 0 Å². The maximum atomic E-state index is 5.83. The summed E-state index contributed by atoms with van der Waals surface area (Å²) < 4.78 is 0. The Morgan fingerprint density at radius 2 is 2.22 bits per heavy atom. The van der Waals surface area contributed by atoms with Gasteiger partial charge in [-0.05, 0) is 33.4 Å². The number of hydrogen-bond acceptors (Lipinski definition) is 2. The van der Waals surface area contributed by atoms with Crippen LogP contribution >= 0.6 is 0 Å². The molecule has 0 saturated carbocycles. The fourth-order valence-corrected chi connectivity index (χ4v) is 1.35. The van der Waals surface area contributed by atoms with E-state index in [4.69, 9.17) is 5.73 Å². The molecule has 0 aliphatic carbocycles. The van der Waals surface area contributed by atoms with Crippen LogP contribution in [0.5, 0.6) is 0 Å². The molecule has 1 heterocycles. The minimum absolute atomic E-state index is 0.406. The standard InChI is InChI=1S/C7H16N2/c1-6-7(8)4-3-5-9(6)2/h6-7H,3-5,8H2,1-2H3/t6-,7-/m1/s1. The van der Waals surface area contributed by atoms with E-state index >= 15 is 0 Å². The molecular weight excluding hydrogens is 112 g/mol. The third kappa shape index (κ3) is 1.43. The Labute approximate surface area is 57.0 Å². The third-order valence-electron chi connectivity index (χ3n) is 2.36. The maximum absolute atomic E-state index is 5.83. The Hall–Kier alpha value is -0.0800. The van der Waals surface area contributed by atoms with Gasteiger partial charge in [0.15, 0.2) is 0 Å². The van der Waals surface area contributed by atoms with Gasteiger partial charge in [-0.25, -0.2) is 0 Å². The first-order valence-corrected chi connectivity index (χ1v) is 3.67. The van der Waals surface area contributed by atoms with Crippen LogP contribution in [0.3, 0.4) is 0 Å². The van der Waals surface area contributed by atoms with E-state index in [9.17, 15) is 0 Å². The van der Waals surface area contributed by atoms with Crippen LogP contribution in [0.2, 0.25) is 0 Å². The second kappa shape index (κ2) is 2.67. The summed E-state index contributed by atoms with van der Waals surface area (Å²) in [6.07, 6.45) is 2.47. The van der Waals surface area contributed by atoms with E-state index in [1.54, 1.807) is 0 Å². The highest BCUT2D eigenvalue weighted by Gasteiger charge is 2.21. The molecule has 0 bridgehead atoms. The summed E-state index contributed by atoms with van der Waals surface area (Å²) in [5, 5.41) is 0. The predicted molar refractivity (Wildman–Crippen MR) is 39.3 cm³/mol. The first kappa shape index (κ1) is 7.03. The van der Waals surface area contributed by atoms with Gasteiger partial charge >= 0.3 is 0 Å². The van der Waals surface area contributed by atoms with Crippen LogP contribution in [0.1, 0.15) is 19.8 Å². The smallest absolute Gasteiger partial charge is 0.0215 e. The highest BCUT2D eigenvalue weighted by molar-refractivity contribution is 4.81. The lowest BCUT2D eigenvalue weighted by atomic mass is 9.99. The van der Waals surface area contributed by atoms with Gasteiger partial charge in [0.1, 0.15) is 0 Å². The monoisotopic (exact) mass is 128 g/mol. The molecule has 0 radical (unpaired) electrons. The summed E-state index contributed by atoms with van der Waals surface area (Å²) in [4.78, 5) is 2.33. The minimum atomic E-state index is 0.406. The molecule has 2 heteroatoms. The molecule has 1 saturated heterocycles. The van der Waals surface area contributed by atoms with Gasteiger partial charge in [-0.3, -0.25) is 0 Å². The Morgan fingerprint density at radius 3 is 2.67 bits per heavy atom. The van der Waals surface area contributed by atoms with Crippen molar-refractivity contribution in [3.8, 4) is 0 Å². The Balaban J connectivity index is 2.41. The van der Waals surface area contributed by atoms with Crippen LogP contribution in [-0.2, 0) is 0 Å². The van der Waals surface area contributed by atoms with Crippen LogP contribution in [0.25, 0.3) is 0 Å². The number of piperidine rings is 1. The summed E-state index contributed by atoms with van der Waals surface area (Å²) in [6, 6.07) is 0.988. The Kier molecular flexibility index (Phi) is 2.09. The first-order valence-electron chi connectivity index (χ1n) is 3.67. The molecule has 1 aliphatic rings. The average Bonchev–Trinajstić information content (AvgIpc) is 1.83. The van der Waals surface area contributed by atoms with E-state index < -0.39 is 0 Å². The van der Waals surface area contributed by atoms with Crippen molar-refractivity contribution in [3.05, 3.63) is 0 Å². The van der Waals surface area contributed by atoms with Crippen molar-refractivity contribution in [1.29, 1.82) is 0 Å². The van der Waals surface area contributed by atoms with Crippen LogP contribution in [-0.4, -0.2) is 30.6 Å². The molecule has 0 aromatic heterocycles. The molecule has 1 aliphatic heterocycles. The molecule has 0 unspecified atom stereocenters. The fourth-order valence-electron chi connectivity index (χ4n) is 1.35. The van der Waals surface area contributed by atoms with Gasteiger partial charge in [0.25, 0.3) is 0 Å². The van der Waals surface area contributed by atoms with Gasteiger partial charge < -0.3 is 10.6 Å². The van der Waals surface area contributed by atoms with Gasteiger partial charge in [0.2, 0.25) is 0 Å². The lowest BCUT2D eigenvalue weighted by Crippen LogP contribution is -2.48. The zero-order valence-electron chi connectivity index (χ0n) is 6.30. The van der Waals surface area contributed by atoms with E-state index in [1.807, 2.05) is 0 Å². The van der Waals surface area contributed by atoms with E-state index in [0.29, 0.717) is 12.1 Å². The predicted octanol–water partition coefficient (Wildman–Crippen LogP) is 0.428. The topological polar surface area (TPSA) is 29.3 Å². The van der Waals surface area contributed by atoms with Gasteiger partial charge in [0.05, 0.1) is 0 Å². The van der Waals surface area contributed by atoms with Gasteiger partial charge in [-0.2, -0.15) is 0 Å². The quantitative estimate of drug-likeness (QED) is 0.512. The van der Waals surface area contributed by atoms with E-state index in [1.165, 1.54) is 19.4 Å². The Morgan fingerprint density at radius 1 is 1.56 bits per heavy atom. The van der Waals surface area contributed by atoms with Crippen molar-refractivity contribution in [2.75, 3.05) is 13.6 Å². The van der Waals surface area contributed by atoms with E-state index in [-0.39, 0.29) is 0 Å². The van der Waals surface area contributed by atoms with E-state index in [0.717, 1.165) is 0 Å². The largest absolute Gasteiger partial charge is 0.326 e. The van der Waals surface area contributed by atoms with Crippen molar-refractivity contribution in [2.24, 2.45) is 5.73 Å². The van der Waals surface area contributed by atoms with Crippen LogP contribution in [0.15, 0.2) is 0 Å². The van der Waals surface area contributed by atoms with Crippen molar-refractivity contribution in [3.63, 3.8) is 0 Å². The highest BCUT2D eigenvalue weighted by atomic mass is 15.1. The summed E-state index contributed by atoms with van der Waals surface area (Å²) in [7, 11) is 2.14. The Bertz CT molecular complexity index is 82.9. The van der Waals surface area contributed by atoms with Gasteiger partial charge in [0, 0.05) is 12.1 Å². The number of nitrogens with two attached hydrogens (primary N) is 1. The van der Waals surface area contributed by atoms with Crippen LogP contribution < -0.4 is 5.73 Å². The summed E-state index contributed by atoms with van der Waals surface area (Å²) in [5.74, 6) is 0. The number of likely N-dealkylation sites (N-methyl/N-ethyl adjacent to an activating group) is 1. The number of rotatable bonds is 0. The molecule has 0 amide bonds. The molecule has 0 aromatic rings. The third-order valence-corrected chi connectivity index (χ3v) is 2.36. The zero-order chi connectivity index (χ0) is 6.85. The maximum Gasteiger partial charge on any atom is 0.0215 e. The lowest BCUT2D eigenvalue weighted by Gasteiger charge is -2.34. The van der Waals surface area contributed by atoms with Crippen molar-refractivity contribution >= 4 is 0 Å².